The summed E-state index contributed by atoms with van der Waals surface area (Å²) in [5, 5.41) is 2.56. The Labute approximate surface area is 156 Å². The maximum Gasteiger partial charge on any atom is 0.137 e. The fourth-order valence-electron chi connectivity index (χ4n) is 4.07. The Balaban J connectivity index is 2.04. The molecule has 138 valence electrons. The van der Waals surface area contributed by atoms with Crippen molar-refractivity contribution in [1.82, 2.24) is 4.57 Å². The molecule has 0 bridgehead atoms. The number of aryl methyl sites for hydroxylation is 1. The minimum absolute atomic E-state index is 0.263. The molecule has 0 saturated heterocycles. The molecule has 0 aliphatic heterocycles. The van der Waals surface area contributed by atoms with E-state index in [-0.39, 0.29) is 11.7 Å². The summed E-state index contributed by atoms with van der Waals surface area (Å²) < 4.78 is 7.55. The zero-order chi connectivity index (χ0) is 18.8. The molecule has 0 fully saturated rings. The normalized spacial score (nSPS) is 13.0. The Morgan fingerprint density at radius 1 is 1.08 bits per heavy atom. The number of hydrogen-bond acceptors (Lipinski definition) is 2. The van der Waals surface area contributed by atoms with Gasteiger partial charge in [0.25, 0.3) is 0 Å². The Morgan fingerprint density at radius 3 is 2.50 bits per heavy atom. The number of carbonyl (C=O) groups is 1. The lowest BCUT2D eigenvalue weighted by Crippen LogP contribution is -2.13. The zero-order valence-corrected chi connectivity index (χ0v) is 16.5. The first-order chi connectivity index (χ1) is 12.4. The van der Waals surface area contributed by atoms with Crippen LogP contribution in [0.2, 0.25) is 0 Å². The van der Waals surface area contributed by atoms with E-state index in [0.717, 1.165) is 5.56 Å². The Kier molecular flexibility index (Phi) is 5.47. The van der Waals surface area contributed by atoms with Crippen LogP contribution in [-0.2, 0) is 16.0 Å². The first-order valence-electron chi connectivity index (χ1n) is 9.45. The molecule has 0 spiro atoms. The fraction of sp³-hybridized carbons (Fsp3) is 0.435. The number of carbonyl (C=O) groups excluding carboxylic acids is 1. The van der Waals surface area contributed by atoms with Gasteiger partial charge in [0.15, 0.2) is 0 Å². The molecule has 1 heterocycles. The SMILES string of the molecule is COCC(C)CC(=O)Cc1ccc2c(c1C)c1ccccc1n2C(C)C. The molecule has 1 aromatic heterocycles. The highest BCUT2D eigenvalue weighted by molar-refractivity contribution is 6.10. The number of Topliss-reactive ketones (excluding diaryl/α,β-unsaturated/α-hetero) is 1. The third-order valence-corrected chi connectivity index (χ3v) is 5.18. The molecule has 26 heavy (non-hydrogen) atoms. The summed E-state index contributed by atoms with van der Waals surface area (Å²) in [6, 6.07) is 13.3. The third kappa shape index (κ3) is 3.41. The highest BCUT2D eigenvalue weighted by Gasteiger charge is 2.17. The number of rotatable bonds is 7. The van der Waals surface area contributed by atoms with Crippen LogP contribution in [0.3, 0.4) is 0 Å². The lowest BCUT2D eigenvalue weighted by Gasteiger charge is -2.13. The van der Waals surface area contributed by atoms with Crippen LogP contribution < -0.4 is 0 Å². The van der Waals surface area contributed by atoms with Gasteiger partial charge in [-0.1, -0.05) is 31.2 Å². The molecule has 0 aliphatic rings. The summed E-state index contributed by atoms with van der Waals surface area (Å²) >= 11 is 0. The first-order valence-corrected chi connectivity index (χ1v) is 9.45. The van der Waals surface area contributed by atoms with E-state index in [1.54, 1.807) is 7.11 Å². The first kappa shape index (κ1) is 18.7. The van der Waals surface area contributed by atoms with Gasteiger partial charge in [-0.15, -0.1) is 0 Å². The summed E-state index contributed by atoms with van der Waals surface area (Å²) in [5.41, 5.74) is 4.88. The second-order valence-electron chi connectivity index (χ2n) is 7.70. The van der Waals surface area contributed by atoms with Gasteiger partial charge in [-0.3, -0.25) is 4.79 Å². The van der Waals surface area contributed by atoms with Crippen molar-refractivity contribution in [3.63, 3.8) is 0 Å². The number of benzene rings is 2. The summed E-state index contributed by atoms with van der Waals surface area (Å²) in [4.78, 5) is 12.5. The van der Waals surface area contributed by atoms with Crippen LogP contribution in [0, 0.1) is 12.8 Å². The number of fused-ring (bicyclic) bond motifs is 3. The van der Waals surface area contributed by atoms with Crippen molar-refractivity contribution in [2.45, 2.75) is 46.6 Å². The van der Waals surface area contributed by atoms with Gasteiger partial charge in [-0.25, -0.2) is 0 Å². The molecule has 3 aromatic rings. The summed E-state index contributed by atoms with van der Waals surface area (Å²) in [5.74, 6) is 0.545. The molecule has 0 saturated carbocycles. The van der Waals surface area contributed by atoms with E-state index in [9.17, 15) is 4.79 Å². The Bertz CT molecular complexity index is 936. The average molecular weight is 351 g/mol. The van der Waals surface area contributed by atoms with Crippen molar-refractivity contribution in [2.75, 3.05) is 13.7 Å². The predicted molar refractivity (Wildman–Crippen MR) is 109 cm³/mol. The quantitative estimate of drug-likeness (QED) is 0.565. The molecule has 3 nitrogen and oxygen atoms in total. The van der Waals surface area contributed by atoms with Crippen LogP contribution in [0.5, 0.6) is 0 Å². The van der Waals surface area contributed by atoms with Crippen molar-refractivity contribution in [2.24, 2.45) is 5.92 Å². The minimum Gasteiger partial charge on any atom is -0.384 e. The van der Waals surface area contributed by atoms with Gasteiger partial charge in [0.2, 0.25) is 0 Å². The molecular formula is C23H29NO2. The molecular weight excluding hydrogens is 322 g/mol. The van der Waals surface area contributed by atoms with Crippen LogP contribution in [0.25, 0.3) is 21.8 Å². The van der Waals surface area contributed by atoms with Crippen LogP contribution in [-0.4, -0.2) is 24.1 Å². The lowest BCUT2D eigenvalue weighted by molar-refractivity contribution is -0.119. The largest absolute Gasteiger partial charge is 0.384 e. The number of methoxy groups -OCH3 is 1. The molecule has 0 aliphatic carbocycles. The van der Waals surface area contributed by atoms with E-state index in [4.69, 9.17) is 4.74 Å². The van der Waals surface area contributed by atoms with Gasteiger partial charge in [0.1, 0.15) is 5.78 Å². The van der Waals surface area contributed by atoms with E-state index in [2.05, 4.69) is 68.7 Å². The van der Waals surface area contributed by atoms with Crippen LogP contribution in [0.1, 0.15) is 44.4 Å². The van der Waals surface area contributed by atoms with Crippen LogP contribution in [0.15, 0.2) is 36.4 Å². The number of nitrogens with zero attached hydrogens (tertiary/aromatic N) is 1. The van der Waals surface area contributed by atoms with Gasteiger partial charge in [-0.2, -0.15) is 0 Å². The maximum atomic E-state index is 12.5. The summed E-state index contributed by atoms with van der Waals surface area (Å²) in [7, 11) is 1.68. The fourth-order valence-corrected chi connectivity index (χ4v) is 4.07. The maximum absolute atomic E-state index is 12.5. The average Bonchev–Trinajstić information content (AvgIpc) is 2.92. The molecule has 3 heteroatoms. The van der Waals surface area contributed by atoms with E-state index in [0.29, 0.717) is 25.5 Å². The van der Waals surface area contributed by atoms with Gasteiger partial charge in [0.05, 0.1) is 0 Å². The van der Waals surface area contributed by atoms with E-state index in [1.807, 2.05) is 0 Å². The Morgan fingerprint density at radius 2 is 1.81 bits per heavy atom. The minimum atomic E-state index is 0.263. The van der Waals surface area contributed by atoms with Gasteiger partial charge in [0, 0.05) is 54.4 Å². The smallest absolute Gasteiger partial charge is 0.137 e. The van der Waals surface area contributed by atoms with Gasteiger partial charge >= 0.3 is 0 Å². The highest BCUT2D eigenvalue weighted by atomic mass is 16.5. The highest BCUT2D eigenvalue weighted by Crippen LogP contribution is 2.35. The molecule has 1 unspecified atom stereocenters. The van der Waals surface area contributed by atoms with Crippen molar-refractivity contribution in [1.29, 1.82) is 0 Å². The molecule has 1 atom stereocenters. The predicted octanol–water partition coefficient (Wildman–Crippen LogP) is 5.47. The molecule has 0 radical (unpaired) electrons. The van der Waals surface area contributed by atoms with Crippen molar-refractivity contribution >= 4 is 27.6 Å². The zero-order valence-electron chi connectivity index (χ0n) is 16.5. The van der Waals surface area contributed by atoms with Gasteiger partial charge < -0.3 is 9.30 Å². The number of hydrogen-bond donors (Lipinski definition) is 0. The van der Waals surface area contributed by atoms with Crippen molar-refractivity contribution in [3.05, 3.63) is 47.5 Å². The molecule has 0 amide bonds. The van der Waals surface area contributed by atoms with Crippen LogP contribution >= 0.6 is 0 Å². The standard InChI is InChI=1S/C23H29NO2/c1-15(2)24-21-9-7-6-8-20(21)23-17(4)18(10-11-22(23)24)13-19(25)12-16(3)14-26-5/h6-11,15-16H,12-14H2,1-5H3. The number of aromatic nitrogens is 1. The monoisotopic (exact) mass is 351 g/mol. The van der Waals surface area contributed by atoms with Crippen LogP contribution in [0.4, 0.5) is 0 Å². The topological polar surface area (TPSA) is 31.2 Å². The number of ketones is 1. The van der Waals surface area contributed by atoms with Crippen molar-refractivity contribution < 1.29 is 9.53 Å². The van der Waals surface area contributed by atoms with E-state index in [1.165, 1.54) is 27.4 Å². The Hall–Kier alpha value is -2.13. The summed E-state index contributed by atoms with van der Waals surface area (Å²) in [6.07, 6.45) is 1.07. The second kappa shape index (κ2) is 7.63. The van der Waals surface area contributed by atoms with Gasteiger partial charge in [-0.05, 0) is 49.9 Å². The number of ether oxygens (including phenoxy) is 1. The van der Waals surface area contributed by atoms with Crippen molar-refractivity contribution in [3.8, 4) is 0 Å². The lowest BCUT2D eigenvalue weighted by atomic mass is 9.95. The second-order valence-corrected chi connectivity index (χ2v) is 7.70. The summed E-state index contributed by atoms with van der Waals surface area (Å²) in [6.45, 7) is 9.28. The molecule has 2 aromatic carbocycles. The third-order valence-electron chi connectivity index (χ3n) is 5.18. The van der Waals surface area contributed by atoms with E-state index >= 15 is 0 Å². The molecule has 3 rings (SSSR count). The van der Waals surface area contributed by atoms with E-state index < -0.39 is 0 Å². The molecule has 0 N–H and O–H groups in total. The number of para-hydroxylation sites is 1.